The predicted molar refractivity (Wildman–Crippen MR) is 106 cm³/mol. The Morgan fingerprint density at radius 1 is 1.19 bits per heavy atom. The van der Waals surface area contributed by atoms with E-state index in [0.717, 1.165) is 19.3 Å². The molecule has 2 heterocycles. The lowest BCUT2D eigenvalue weighted by molar-refractivity contribution is -0.112. The zero-order valence-corrected chi connectivity index (χ0v) is 16.1. The number of nitrogens with one attached hydrogen (secondary N) is 1. The van der Waals surface area contributed by atoms with E-state index in [1.807, 2.05) is 0 Å². The fourth-order valence-corrected chi connectivity index (χ4v) is 4.69. The van der Waals surface area contributed by atoms with E-state index in [1.165, 1.54) is 16.8 Å². The van der Waals surface area contributed by atoms with Crippen molar-refractivity contribution in [2.24, 2.45) is 11.8 Å². The summed E-state index contributed by atoms with van der Waals surface area (Å²) in [4.78, 5) is 0. The number of benzene rings is 1. The number of anilines is 1. The third-order valence-corrected chi connectivity index (χ3v) is 6.24. The van der Waals surface area contributed by atoms with E-state index < -0.39 is 0 Å². The summed E-state index contributed by atoms with van der Waals surface area (Å²) >= 11 is 0. The Labute approximate surface area is 157 Å². The SMILES string of the molecule is CC(C)(C)c1ccc2c(c1)[C@H]1OC(CO)CC[C@H]1[C@H](C1C=CC=CC1)N2. The average molecular weight is 354 g/mol. The van der Waals surface area contributed by atoms with Gasteiger partial charge in [0.25, 0.3) is 0 Å². The van der Waals surface area contributed by atoms with Gasteiger partial charge in [-0.3, -0.25) is 0 Å². The zero-order chi connectivity index (χ0) is 18.3. The largest absolute Gasteiger partial charge is 0.394 e. The van der Waals surface area contributed by atoms with Crippen molar-refractivity contribution < 1.29 is 9.84 Å². The Morgan fingerprint density at radius 3 is 2.73 bits per heavy atom. The summed E-state index contributed by atoms with van der Waals surface area (Å²) in [5.74, 6) is 0.943. The van der Waals surface area contributed by atoms with E-state index in [-0.39, 0.29) is 24.2 Å². The van der Waals surface area contributed by atoms with Crippen LogP contribution in [0.15, 0.2) is 42.5 Å². The number of fused-ring (bicyclic) bond motifs is 3. The molecule has 0 aromatic heterocycles. The summed E-state index contributed by atoms with van der Waals surface area (Å²) in [6.07, 6.45) is 12.1. The van der Waals surface area contributed by atoms with Crippen molar-refractivity contribution in [3.05, 3.63) is 53.6 Å². The van der Waals surface area contributed by atoms with Gasteiger partial charge in [-0.05, 0) is 36.3 Å². The van der Waals surface area contributed by atoms with Crippen LogP contribution < -0.4 is 5.32 Å². The summed E-state index contributed by atoms with van der Waals surface area (Å²) < 4.78 is 6.42. The standard InChI is InChI=1S/C23H31NO2/c1-23(2,3)16-9-12-20-19(13-16)22-18(11-10-17(14-25)26-22)21(24-20)15-7-5-4-6-8-15/h4-7,9,12-13,15,17-18,21-22,24-25H,8,10-11,14H2,1-3H3/t15?,17?,18-,21-,22-/m0/s1. The highest BCUT2D eigenvalue weighted by Crippen LogP contribution is 2.48. The fraction of sp³-hybridized carbons (Fsp3) is 0.565. The number of ether oxygens (including phenoxy) is 1. The van der Waals surface area contributed by atoms with Crippen LogP contribution in [0.1, 0.15) is 57.3 Å². The molecular formula is C23H31NO2. The molecule has 2 unspecified atom stereocenters. The van der Waals surface area contributed by atoms with Crippen LogP contribution in [0.25, 0.3) is 0 Å². The Kier molecular flexibility index (Phi) is 4.70. The van der Waals surface area contributed by atoms with Gasteiger partial charge in [0.05, 0.1) is 18.8 Å². The Bertz CT molecular complexity index is 715. The lowest BCUT2D eigenvalue weighted by Gasteiger charge is -2.47. The molecule has 0 amide bonds. The number of aliphatic hydroxyl groups excluding tert-OH is 1. The molecule has 5 atom stereocenters. The summed E-state index contributed by atoms with van der Waals surface area (Å²) in [5.41, 5.74) is 3.92. The maximum atomic E-state index is 9.67. The monoisotopic (exact) mass is 353 g/mol. The number of allylic oxidation sites excluding steroid dienone is 3. The topological polar surface area (TPSA) is 41.5 Å². The van der Waals surface area contributed by atoms with Gasteiger partial charge in [-0.2, -0.15) is 0 Å². The Morgan fingerprint density at radius 2 is 2.04 bits per heavy atom. The first-order valence-corrected chi connectivity index (χ1v) is 9.98. The highest BCUT2D eigenvalue weighted by atomic mass is 16.5. The van der Waals surface area contributed by atoms with Gasteiger partial charge < -0.3 is 15.2 Å². The first-order chi connectivity index (χ1) is 12.5. The van der Waals surface area contributed by atoms with E-state index in [0.29, 0.717) is 17.9 Å². The Balaban J connectivity index is 1.72. The van der Waals surface area contributed by atoms with Crippen LogP contribution in [0.5, 0.6) is 0 Å². The van der Waals surface area contributed by atoms with E-state index in [9.17, 15) is 5.11 Å². The maximum Gasteiger partial charge on any atom is 0.0897 e. The van der Waals surface area contributed by atoms with Crippen LogP contribution in [-0.4, -0.2) is 23.9 Å². The molecule has 3 nitrogen and oxygen atoms in total. The third-order valence-electron chi connectivity index (χ3n) is 6.24. The van der Waals surface area contributed by atoms with Crippen molar-refractivity contribution >= 4 is 5.69 Å². The van der Waals surface area contributed by atoms with Crippen molar-refractivity contribution in [1.29, 1.82) is 0 Å². The summed E-state index contributed by atoms with van der Waals surface area (Å²) in [7, 11) is 0. The molecule has 1 aromatic rings. The molecule has 2 aliphatic heterocycles. The highest BCUT2D eigenvalue weighted by Gasteiger charge is 2.44. The van der Waals surface area contributed by atoms with E-state index in [1.54, 1.807) is 0 Å². The molecule has 0 bridgehead atoms. The van der Waals surface area contributed by atoms with E-state index in [4.69, 9.17) is 4.74 Å². The molecule has 0 saturated carbocycles. The van der Waals surface area contributed by atoms with Gasteiger partial charge in [0.1, 0.15) is 0 Å². The van der Waals surface area contributed by atoms with Crippen molar-refractivity contribution in [2.75, 3.05) is 11.9 Å². The molecule has 3 heteroatoms. The number of hydrogen-bond donors (Lipinski definition) is 2. The summed E-state index contributed by atoms with van der Waals surface area (Å²) in [6.45, 7) is 6.87. The molecule has 2 N–H and O–H groups in total. The van der Waals surface area contributed by atoms with Gasteiger partial charge >= 0.3 is 0 Å². The van der Waals surface area contributed by atoms with Gasteiger partial charge in [-0.25, -0.2) is 0 Å². The molecule has 1 aliphatic carbocycles. The van der Waals surface area contributed by atoms with Crippen molar-refractivity contribution in [1.82, 2.24) is 0 Å². The molecular weight excluding hydrogens is 322 g/mol. The molecule has 0 radical (unpaired) electrons. The molecule has 1 fully saturated rings. The first-order valence-electron chi connectivity index (χ1n) is 9.98. The third kappa shape index (κ3) is 3.23. The van der Waals surface area contributed by atoms with Gasteiger partial charge in [0.15, 0.2) is 0 Å². The van der Waals surface area contributed by atoms with Crippen LogP contribution in [-0.2, 0) is 10.2 Å². The van der Waals surface area contributed by atoms with Gasteiger partial charge in [0.2, 0.25) is 0 Å². The lowest BCUT2D eigenvalue weighted by atomic mass is 9.72. The first kappa shape index (κ1) is 17.8. The van der Waals surface area contributed by atoms with Crippen LogP contribution in [0.4, 0.5) is 5.69 Å². The molecule has 26 heavy (non-hydrogen) atoms. The molecule has 0 spiro atoms. The zero-order valence-electron chi connectivity index (χ0n) is 16.1. The van der Waals surface area contributed by atoms with E-state index in [2.05, 4.69) is 68.6 Å². The van der Waals surface area contributed by atoms with Crippen LogP contribution in [0.2, 0.25) is 0 Å². The van der Waals surface area contributed by atoms with Crippen molar-refractivity contribution in [3.8, 4) is 0 Å². The average Bonchev–Trinajstić information content (AvgIpc) is 2.66. The van der Waals surface area contributed by atoms with Crippen LogP contribution >= 0.6 is 0 Å². The normalized spacial score (nSPS) is 33.3. The van der Waals surface area contributed by atoms with Gasteiger partial charge in [-0.1, -0.05) is 57.2 Å². The molecule has 1 saturated heterocycles. The lowest BCUT2D eigenvalue weighted by Crippen LogP contribution is -2.47. The van der Waals surface area contributed by atoms with Gasteiger partial charge in [0, 0.05) is 29.1 Å². The maximum absolute atomic E-state index is 9.67. The minimum absolute atomic E-state index is 0.0389. The fourth-order valence-electron chi connectivity index (χ4n) is 4.69. The Hall–Kier alpha value is -1.58. The number of rotatable bonds is 2. The van der Waals surface area contributed by atoms with Crippen molar-refractivity contribution in [2.45, 2.75) is 63.7 Å². The second-order valence-electron chi connectivity index (χ2n) is 9.04. The number of aliphatic hydroxyl groups is 1. The van der Waals surface area contributed by atoms with E-state index >= 15 is 0 Å². The van der Waals surface area contributed by atoms with Crippen LogP contribution in [0, 0.1) is 11.8 Å². The van der Waals surface area contributed by atoms with Crippen molar-refractivity contribution in [3.63, 3.8) is 0 Å². The molecule has 1 aromatic carbocycles. The quantitative estimate of drug-likeness (QED) is 0.807. The second kappa shape index (κ2) is 6.86. The summed E-state index contributed by atoms with van der Waals surface area (Å²) in [6, 6.07) is 7.18. The minimum atomic E-state index is -0.0389. The summed E-state index contributed by atoms with van der Waals surface area (Å²) in [5, 5.41) is 13.5. The molecule has 4 rings (SSSR count). The molecule has 3 aliphatic rings. The smallest absolute Gasteiger partial charge is 0.0897 e. The minimum Gasteiger partial charge on any atom is -0.394 e. The second-order valence-corrected chi connectivity index (χ2v) is 9.04. The van der Waals surface area contributed by atoms with Gasteiger partial charge in [-0.15, -0.1) is 0 Å². The highest BCUT2D eigenvalue weighted by molar-refractivity contribution is 5.58. The predicted octanol–water partition coefficient (Wildman–Crippen LogP) is 4.74. The van der Waals surface area contributed by atoms with Crippen LogP contribution in [0.3, 0.4) is 0 Å². The number of hydrogen-bond acceptors (Lipinski definition) is 3. The molecule has 140 valence electrons.